The largest absolute Gasteiger partial charge is 0.348 e. The Kier molecular flexibility index (Phi) is 3.35. The van der Waals surface area contributed by atoms with E-state index in [9.17, 15) is 9.18 Å². The standard InChI is InChI=1S/C15H13FN4O/c1-10-18-19-14-8-12(5-6-20(10)14)15(21)17-9-11-3-2-4-13(16)7-11/h2-8H,9H2,1H3,(H,17,21). The Balaban J connectivity index is 1.74. The van der Waals surface area contributed by atoms with Gasteiger partial charge in [0.25, 0.3) is 5.91 Å². The molecule has 106 valence electrons. The van der Waals surface area contributed by atoms with E-state index >= 15 is 0 Å². The van der Waals surface area contributed by atoms with Crippen molar-refractivity contribution in [2.75, 3.05) is 0 Å². The quantitative estimate of drug-likeness (QED) is 0.801. The number of nitrogens with one attached hydrogen (secondary N) is 1. The van der Waals surface area contributed by atoms with E-state index in [1.165, 1.54) is 12.1 Å². The fourth-order valence-corrected chi connectivity index (χ4v) is 2.08. The van der Waals surface area contributed by atoms with Crippen molar-refractivity contribution in [2.45, 2.75) is 13.5 Å². The topological polar surface area (TPSA) is 59.3 Å². The second kappa shape index (κ2) is 5.32. The molecule has 0 spiro atoms. The third kappa shape index (κ3) is 2.74. The number of aromatic nitrogens is 3. The molecular weight excluding hydrogens is 271 g/mol. The van der Waals surface area contributed by atoms with Gasteiger partial charge < -0.3 is 5.32 Å². The predicted octanol–water partition coefficient (Wildman–Crippen LogP) is 2.11. The molecule has 0 unspecified atom stereocenters. The van der Waals surface area contributed by atoms with Crippen LogP contribution in [0.3, 0.4) is 0 Å². The van der Waals surface area contributed by atoms with Gasteiger partial charge in [-0.05, 0) is 36.8 Å². The Morgan fingerprint density at radius 2 is 2.14 bits per heavy atom. The Hall–Kier alpha value is -2.76. The van der Waals surface area contributed by atoms with Crippen LogP contribution in [-0.4, -0.2) is 20.5 Å². The van der Waals surface area contributed by atoms with Crippen LogP contribution in [0.5, 0.6) is 0 Å². The molecule has 0 aliphatic carbocycles. The summed E-state index contributed by atoms with van der Waals surface area (Å²) in [4.78, 5) is 12.1. The van der Waals surface area contributed by atoms with E-state index in [1.54, 1.807) is 34.9 Å². The lowest BCUT2D eigenvalue weighted by atomic mass is 10.2. The van der Waals surface area contributed by atoms with E-state index in [4.69, 9.17) is 0 Å². The van der Waals surface area contributed by atoms with Crippen molar-refractivity contribution in [1.82, 2.24) is 19.9 Å². The van der Waals surface area contributed by atoms with Gasteiger partial charge in [0.15, 0.2) is 5.65 Å². The third-order valence-electron chi connectivity index (χ3n) is 3.18. The number of rotatable bonds is 3. The number of amides is 1. The van der Waals surface area contributed by atoms with Crippen LogP contribution in [0.2, 0.25) is 0 Å². The highest BCUT2D eigenvalue weighted by atomic mass is 19.1. The zero-order valence-electron chi connectivity index (χ0n) is 11.4. The maximum Gasteiger partial charge on any atom is 0.251 e. The number of carbonyl (C=O) groups is 1. The van der Waals surface area contributed by atoms with Gasteiger partial charge in [-0.15, -0.1) is 10.2 Å². The summed E-state index contributed by atoms with van der Waals surface area (Å²) in [6.45, 7) is 2.11. The summed E-state index contributed by atoms with van der Waals surface area (Å²) < 4.78 is 14.9. The van der Waals surface area contributed by atoms with Crippen LogP contribution < -0.4 is 5.32 Å². The number of fused-ring (bicyclic) bond motifs is 1. The van der Waals surface area contributed by atoms with Crippen LogP contribution in [-0.2, 0) is 6.54 Å². The molecule has 1 amide bonds. The van der Waals surface area contributed by atoms with Gasteiger partial charge in [-0.25, -0.2) is 4.39 Å². The monoisotopic (exact) mass is 284 g/mol. The first-order valence-corrected chi connectivity index (χ1v) is 6.47. The molecule has 0 aliphatic heterocycles. The number of aryl methyl sites for hydroxylation is 1. The summed E-state index contributed by atoms with van der Waals surface area (Å²) >= 11 is 0. The van der Waals surface area contributed by atoms with E-state index in [1.807, 2.05) is 6.92 Å². The Morgan fingerprint density at radius 3 is 2.95 bits per heavy atom. The highest BCUT2D eigenvalue weighted by molar-refractivity contribution is 5.94. The highest BCUT2D eigenvalue weighted by Gasteiger charge is 2.08. The second-order valence-electron chi connectivity index (χ2n) is 4.70. The number of nitrogens with zero attached hydrogens (tertiary/aromatic N) is 3. The molecule has 2 aromatic heterocycles. The Bertz CT molecular complexity index is 812. The molecule has 1 N–H and O–H groups in total. The Labute approximate surface area is 120 Å². The Morgan fingerprint density at radius 1 is 1.29 bits per heavy atom. The predicted molar refractivity (Wildman–Crippen MR) is 75.3 cm³/mol. The summed E-state index contributed by atoms with van der Waals surface area (Å²) in [5.41, 5.74) is 1.82. The van der Waals surface area contributed by atoms with Gasteiger partial charge in [-0.1, -0.05) is 12.1 Å². The molecule has 6 heteroatoms. The van der Waals surface area contributed by atoms with Crippen LogP contribution in [0.4, 0.5) is 4.39 Å². The first-order valence-electron chi connectivity index (χ1n) is 6.47. The normalized spacial score (nSPS) is 10.8. The van der Waals surface area contributed by atoms with E-state index in [0.29, 0.717) is 16.8 Å². The SMILES string of the molecule is Cc1nnc2cc(C(=O)NCc3cccc(F)c3)ccn12. The molecule has 21 heavy (non-hydrogen) atoms. The van der Waals surface area contributed by atoms with Crippen molar-refractivity contribution in [3.8, 4) is 0 Å². The smallest absolute Gasteiger partial charge is 0.251 e. The summed E-state index contributed by atoms with van der Waals surface area (Å²) in [6.07, 6.45) is 1.75. The van der Waals surface area contributed by atoms with Gasteiger partial charge in [0.05, 0.1) is 0 Å². The van der Waals surface area contributed by atoms with Gasteiger partial charge in [-0.3, -0.25) is 9.20 Å². The van der Waals surface area contributed by atoms with Crippen molar-refractivity contribution in [3.63, 3.8) is 0 Å². The number of benzene rings is 1. The minimum Gasteiger partial charge on any atom is -0.348 e. The van der Waals surface area contributed by atoms with Gasteiger partial charge in [0.1, 0.15) is 11.6 Å². The molecule has 0 saturated heterocycles. The van der Waals surface area contributed by atoms with Gasteiger partial charge in [0, 0.05) is 18.3 Å². The molecule has 5 nitrogen and oxygen atoms in total. The fourth-order valence-electron chi connectivity index (χ4n) is 2.08. The second-order valence-corrected chi connectivity index (χ2v) is 4.70. The van der Waals surface area contributed by atoms with Crippen molar-refractivity contribution in [3.05, 3.63) is 65.4 Å². The lowest BCUT2D eigenvalue weighted by molar-refractivity contribution is 0.0951. The van der Waals surface area contributed by atoms with Gasteiger partial charge >= 0.3 is 0 Å². The summed E-state index contributed by atoms with van der Waals surface area (Å²) in [6, 6.07) is 9.50. The van der Waals surface area contributed by atoms with E-state index in [0.717, 1.165) is 5.82 Å². The van der Waals surface area contributed by atoms with Crippen molar-refractivity contribution < 1.29 is 9.18 Å². The summed E-state index contributed by atoms with van der Waals surface area (Å²) in [5, 5.41) is 10.7. The first kappa shape index (κ1) is 13.2. The van der Waals surface area contributed by atoms with Crippen LogP contribution in [0.15, 0.2) is 42.6 Å². The third-order valence-corrected chi connectivity index (χ3v) is 3.18. The number of halogens is 1. The molecular formula is C15H13FN4O. The zero-order valence-corrected chi connectivity index (χ0v) is 11.4. The zero-order chi connectivity index (χ0) is 14.8. The molecule has 3 aromatic rings. The minimum atomic E-state index is -0.317. The molecule has 2 heterocycles. The van der Waals surface area contributed by atoms with E-state index in [2.05, 4.69) is 15.5 Å². The molecule has 1 aromatic carbocycles. The molecule has 0 aliphatic rings. The average Bonchev–Trinajstić information content (AvgIpc) is 2.86. The number of hydrogen-bond acceptors (Lipinski definition) is 3. The maximum absolute atomic E-state index is 13.1. The van der Waals surface area contributed by atoms with Crippen LogP contribution in [0.1, 0.15) is 21.7 Å². The maximum atomic E-state index is 13.1. The van der Waals surface area contributed by atoms with Crippen molar-refractivity contribution in [2.24, 2.45) is 0 Å². The van der Waals surface area contributed by atoms with E-state index in [-0.39, 0.29) is 18.3 Å². The average molecular weight is 284 g/mol. The van der Waals surface area contributed by atoms with E-state index < -0.39 is 0 Å². The van der Waals surface area contributed by atoms with Crippen molar-refractivity contribution >= 4 is 11.6 Å². The van der Waals surface area contributed by atoms with Gasteiger partial charge in [0.2, 0.25) is 0 Å². The summed E-state index contributed by atoms with van der Waals surface area (Å²) in [5.74, 6) is 0.209. The lowest BCUT2D eigenvalue weighted by Crippen LogP contribution is -2.22. The number of pyridine rings is 1. The number of carbonyl (C=O) groups excluding carboxylic acids is 1. The van der Waals surface area contributed by atoms with Gasteiger partial charge in [-0.2, -0.15) is 0 Å². The summed E-state index contributed by atoms with van der Waals surface area (Å²) in [7, 11) is 0. The molecule has 3 rings (SSSR count). The first-order chi connectivity index (χ1) is 10.1. The highest BCUT2D eigenvalue weighted by Crippen LogP contribution is 2.08. The molecule has 0 fully saturated rings. The van der Waals surface area contributed by atoms with Crippen LogP contribution in [0.25, 0.3) is 5.65 Å². The number of hydrogen-bond donors (Lipinski definition) is 1. The fraction of sp³-hybridized carbons (Fsp3) is 0.133. The van der Waals surface area contributed by atoms with Crippen molar-refractivity contribution in [1.29, 1.82) is 0 Å². The molecule has 0 bridgehead atoms. The lowest BCUT2D eigenvalue weighted by Gasteiger charge is -2.06. The molecule has 0 saturated carbocycles. The molecule has 0 atom stereocenters. The van der Waals surface area contributed by atoms with Crippen LogP contribution in [0, 0.1) is 12.7 Å². The minimum absolute atomic E-state index is 0.234. The molecule has 0 radical (unpaired) electrons. The van der Waals surface area contributed by atoms with Crippen LogP contribution >= 0.6 is 0 Å².